The van der Waals surface area contributed by atoms with Gasteiger partial charge in [0.25, 0.3) is 5.91 Å². The van der Waals surface area contributed by atoms with E-state index in [1.807, 2.05) is 6.92 Å². The quantitative estimate of drug-likeness (QED) is 0.685. The van der Waals surface area contributed by atoms with Crippen LogP contribution in [0.1, 0.15) is 50.7 Å². The van der Waals surface area contributed by atoms with Crippen LogP contribution in [0.25, 0.3) is 0 Å². The van der Waals surface area contributed by atoms with Crippen molar-refractivity contribution in [1.29, 1.82) is 0 Å². The fraction of sp³-hybridized carbons (Fsp3) is 0.533. The molecule has 0 aliphatic carbocycles. The van der Waals surface area contributed by atoms with Gasteiger partial charge in [-0.25, -0.2) is 9.78 Å². The third-order valence-electron chi connectivity index (χ3n) is 2.58. The van der Waals surface area contributed by atoms with Crippen LogP contribution in [0.2, 0.25) is 5.15 Å². The number of pyridine rings is 1. The average molecular weight is 313 g/mol. The lowest BCUT2D eigenvalue weighted by atomic mass is 10.1. The summed E-state index contributed by atoms with van der Waals surface area (Å²) in [4.78, 5) is 28.1. The summed E-state index contributed by atoms with van der Waals surface area (Å²) in [6.45, 7) is 8.82. The van der Waals surface area contributed by atoms with E-state index >= 15 is 0 Å². The van der Waals surface area contributed by atoms with E-state index in [4.69, 9.17) is 16.3 Å². The Labute approximate surface area is 130 Å². The Balaban J connectivity index is 2.77. The zero-order chi connectivity index (χ0) is 16.2. The number of aryl methyl sites for hydroxylation is 1. The first-order valence-corrected chi connectivity index (χ1v) is 7.20. The van der Waals surface area contributed by atoms with Crippen LogP contribution in [0, 0.1) is 0 Å². The maximum atomic E-state index is 12.1. The van der Waals surface area contributed by atoms with Gasteiger partial charge >= 0.3 is 5.97 Å². The highest BCUT2D eigenvalue weighted by molar-refractivity contribution is 6.29. The van der Waals surface area contributed by atoms with Crippen LogP contribution < -0.4 is 5.32 Å². The molecule has 0 aliphatic rings. The molecule has 0 saturated heterocycles. The van der Waals surface area contributed by atoms with Crippen LogP contribution in [-0.2, 0) is 16.0 Å². The molecule has 0 fully saturated rings. The molecule has 0 aromatic carbocycles. The van der Waals surface area contributed by atoms with Crippen molar-refractivity contribution < 1.29 is 14.3 Å². The molecule has 116 valence electrons. The van der Waals surface area contributed by atoms with E-state index < -0.39 is 17.6 Å². The maximum absolute atomic E-state index is 12.1. The predicted molar refractivity (Wildman–Crippen MR) is 81.4 cm³/mol. The molecule has 1 rings (SSSR count). The van der Waals surface area contributed by atoms with Crippen LogP contribution in [0.15, 0.2) is 12.1 Å². The highest BCUT2D eigenvalue weighted by atomic mass is 35.5. The lowest BCUT2D eigenvalue weighted by molar-refractivity contribution is -0.156. The van der Waals surface area contributed by atoms with Crippen LogP contribution in [0.4, 0.5) is 0 Å². The van der Waals surface area contributed by atoms with E-state index in [2.05, 4.69) is 10.3 Å². The Morgan fingerprint density at radius 1 is 1.38 bits per heavy atom. The predicted octanol–water partition coefficient (Wildman–Crippen LogP) is 2.76. The molecule has 1 atom stereocenters. The number of ether oxygens (including phenoxy) is 1. The number of aromatic nitrogens is 1. The van der Waals surface area contributed by atoms with E-state index in [9.17, 15) is 9.59 Å². The summed E-state index contributed by atoms with van der Waals surface area (Å²) in [5, 5.41) is 2.85. The molecule has 1 aromatic rings. The molecule has 1 N–H and O–H groups in total. The molecule has 1 amide bonds. The monoisotopic (exact) mass is 312 g/mol. The van der Waals surface area contributed by atoms with Gasteiger partial charge < -0.3 is 10.1 Å². The minimum atomic E-state index is -0.742. The summed E-state index contributed by atoms with van der Waals surface area (Å²) in [7, 11) is 0. The molecule has 21 heavy (non-hydrogen) atoms. The van der Waals surface area contributed by atoms with Crippen molar-refractivity contribution >= 4 is 23.5 Å². The lowest BCUT2D eigenvalue weighted by Gasteiger charge is -2.22. The third kappa shape index (κ3) is 5.71. The number of halogens is 1. The summed E-state index contributed by atoms with van der Waals surface area (Å²) in [5.41, 5.74) is 0.505. The summed E-state index contributed by atoms with van der Waals surface area (Å²) in [6.07, 6.45) is 0.669. The number of carbonyl (C=O) groups is 2. The standard InChI is InChI=1S/C15H21ClN2O3/c1-6-11-7-10(8-12(16)18-11)13(19)17-9(2)14(20)21-15(3,4)5/h7-9H,6H2,1-5H3,(H,17,19)/t9-/m1/s1. The first kappa shape index (κ1) is 17.4. The zero-order valence-corrected chi connectivity index (χ0v) is 13.7. The number of rotatable bonds is 4. The summed E-state index contributed by atoms with van der Waals surface area (Å²) in [6, 6.07) is 2.38. The molecule has 1 heterocycles. The number of hydrogen-bond acceptors (Lipinski definition) is 4. The second-order valence-electron chi connectivity index (χ2n) is 5.75. The van der Waals surface area contributed by atoms with Crippen LogP contribution in [-0.4, -0.2) is 28.5 Å². The second kappa shape index (κ2) is 6.89. The van der Waals surface area contributed by atoms with Gasteiger partial charge in [0.2, 0.25) is 0 Å². The summed E-state index contributed by atoms with van der Waals surface area (Å²) in [5.74, 6) is -0.862. The van der Waals surface area contributed by atoms with Gasteiger partial charge in [-0.2, -0.15) is 0 Å². The largest absolute Gasteiger partial charge is 0.458 e. The Bertz CT molecular complexity index is 538. The first-order chi connectivity index (χ1) is 9.62. The van der Waals surface area contributed by atoms with Crippen molar-refractivity contribution in [3.05, 3.63) is 28.5 Å². The van der Waals surface area contributed by atoms with Crippen molar-refractivity contribution in [2.24, 2.45) is 0 Å². The number of nitrogens with zero attached hydrogens (tertiary/aromatic N) is 1. The molecule has 0 radical (unpaired) electrons. The fourth-order valence-electron chi connectivity index (χ4n) is 1.59. The highest BCUT2D eigenvalue weighted by Gasteiger charge is 2.23. The molecule has 0 aliphatic heterocycles. The normalized spacial score (nSPS) is 12.7. The van der Waals surface area contributed by atoms with Crippen molar-refractivity contribution in [2.75, 3.05) is 0 Å². The minimum Gasteiger partial charge on any atom is -0.458 e. The molecule has 0 saturated carbocycles. The molecule has 0 bridgehead atoms. The zero-order valence-electron chi connectivity index (χ0n) is 13.0. The number of esters is 1. The number of carbonyl (C=O) groups excluding carboxylic acids is 2. The van der Waals surface area contributed by atoms with Crippen molar-refractivity contribution in [3.63, 3.8) is 0 Å². The molecule has 0 spiro atoms. The lowest BCUT2D eigenvalue weighted by Crippen LogP contribution is -2.42. The number of amides is 1. The minimum absolute atomic E-state index is 0.254. The van der Waals surface area contributed by atoms with E-state index in [1.54, 1.807) is 33.8 Å². The molecule has 1 aromatic heterocycles. The van der Waals surface area contributed by atoms with Gasteiger partial charge in [-0.15, -0.1) is 0 Å². The van der Waals surface area contributed by atoms with Crippen LogP contribution in [0.3, 0.4) is 0 Å². The molecule has 0 unspecified atom stereocenters. The van der Waals surface area contributed by atoms with E-state index in [1.165, 1.54) is 6.07 Å². The van der Waals surface area contributed by atoms with E-state index in [0.29, 0.717) is 12.0 Å². The number of hydrogen-bond donors (Lipinski definition) is 1. The number of nitrogens with one attached hydrogen (secondary N) is 1. The van der Waals surface area contributed by atoms with Gasteiger partial charge in [0.1, 0.15) is 16.8 Å². The van der Waals surface area contributed by atoms with Gasteiger partial charge in [-0.05, 0) is 46.2 Å². The second-order valence-corrected chi connectivity index (χ2v) is 6.14. The smallest absolute Gasteiger partial charge is 0.328 e. The van der Waals surface area contributed by atoms with E-state index in [0.717, 1.165) is 5.69 Å². The molecule has 6 heteroatoms. The van der Waals surface area contributed by atoms with Crippen molar-refractivity contribution in [2.45, 2.75) is 52.7 Å². The Hall–Kier alpha value is -1.62. The van der Waals surface area contributed by atoms with Gasteiger partial charge in [-0.1, -0.05) is 18.5 Å². The summed E-state index contributed by atoms with van der Waals surface area (Å²) >= 11 is 5.88. The SMILES string of the molecule is CCc1cc(C(=O)N[C@H](C)C(=O)OC(C)(C)C)cc(Cl)n1. The Kier molecular flexibility index (Phi) is 5.72. The molecular formula is C15H21ClN2O3. The molecular weight excluding hydrogens is 292 g/mol. The van der Waals surface area contributed by atoms with Gasteiger partial charge in [0.15, 0.2) is 0 Å². The molecule has 5 nitrogen and oxygen atoms in total. The third-order valence-corrected chi connectivity index (χ3v) is 2.77. The fourth-order valence-corrected chi connectivity index (χ4v) is 1.82. The van der Waals surface area contributed by atoms with Crippen LogP contribution >= 0.6 is 11.6 Å². The van der Waals surface area contributed by atoms with Crippen LogP contribution in [0.5, 0.6) is 0 Å². The average Bonchev–Trinajstić information content (AvgIpc) is 2.35. The summed E-state index contributed by atoms with van der Waals surface area (Å²) < 4.78 is 5.21. The first-order valence-electron chi connectivity index (χ1n) is 6.82. The highest BCUT2D eigenvalue weighted by Crippen LogP contribution is 2.12. The Morgan fingerprint density at radius 2 is 2.00 bits per heavy atom. The van der Waals surface area contributed by atoms with E-state index in [-0.39, 0.29) is 11.1 Å². The van der Waals surface area contributed by atoms with Gasteiger partial charge in [0, 0.05) is 11.3 Å². The van der Waals surface area contributed by atoms with Gasteiger partial charge in [0.05, 0.1) is 0 Å². The Morgan fingerprint density at radius 3 is 2.52 bits per heavy atom. The topological polar surface area (TPSA) is 68.3 Å². The van der Waals surface area contributed by atoms with Crippen molar-refractivity contribution in [1.82, 2.24) is 10.3 Å². The maximum Gasteiger partial charge on any atom is 0.328 e. The van der Waals surface area contributed by atoms with Gasteiger partial charge in [-0.3, -0.25) is 4.79 Å². The van der Waals surface area contributed by atoms with Crippen molar-refractivity contribution in [3.8, 4) is 0 Å².